The number of hydrogen-bond donors (Lipinski definition) is 0. The van der Waals surface area contributed by atoms with Crippen molar-refractivity contribution in [1.82, 2.24) is 4.98 Å². The Morgan fingerprint density at radius 2 is 2.17 bits per heavy atom. The van der Waals surface area contributed by atoms with Crippen LogP contribution in [0.4, 0.5) is 0 Å². The van der Waals surface area contributed by atoms with Crippen LogP contribution < -0.4 is 4.74 Å². The van der Waals surface area contributed by atoms with Crippen LogP contribution in [0.2, 0.25) is 0 Å². The SMILES string of the molecule is COc1ccc(-c2csc(C(C#N)C(=O)C3CC=CCC3)n2)cc1. The fourth-order valence-electron chi connectivity index (χ4n) is 2.84. The molecule has 0 aliphatic heterocycles. The maximum Gasteiger partial charge on any atom is 0.160 e. The summed E-state index contributed by atoms with van der Waals surface area (Å²) in [5.74, 6) is -0.0476. The summed E-state index contributed by atoms with van der Waals surface area (Å²) in [6, 6.07) is 9.74. The van der Waals surface area contributed by atoms with Crippen molar-refractivity contribution in [3.63, 3.8) is 0 Å². The van der Waals surface area contributed by atoms with E-state index < -0.39 is 5.92 Å². The molecule has 5 heteroatoms. The summed E-state index contributed by atoms with van der Waals surface area (Å²) < 4.78 is 5.15. The van der Waals surface area contributed by atoms with Gasteiger partial charge in [0, 0.05) is 16.9 Å². The molecule has 0 fully saturated rings. The molecule has 0 N–H and O–H groups in total. The molecule has 0 saturated heterocycles. The quantitative estimate of drug-likeness (QED) is 0.760. The van der Waals surface area contributed by atoms with Crippen LogP contribution in [0.1, 0.15) is 30.2 Å². The Bertz CT molecular complexity index is 786. The van der Waals surface area contributed by atoms with Gasteiger partial charge in [0.25, 0.3) is 0 Å². The van der Waals surface area contributed by atoms with Crippen LogP contribution in [0.5, 0.6) is 5.75 Å². The zero-order valence-electron chi connectivity index (χ0n) is 13.4. The number of ether oxygens (including phenoxy) is 1. The Hall–Kier alpha value is -2.45. The van der Waals surface area contributed by atoms with Gasteiger partial charge in [-0.2, -0.15) is 5.26 Å². The summed E-state index contributed by atoms with van der Waals surface area (Å²) in [4.78, 5) is 17.2. The minimum Gasteiger partial charge on any atom is -0.497 e. The topological polar surface area (TPSA) is 63.0 Å². The van der Waals surface area contributed by atoms with E-state index in [9.17, 15) is 10.1 Å². The molecule has 1 heterocycles. The Kier molecular flexibility index (Phi) is 5.07. The maximum absolute atomic E-state index is 12.7. The second-order valence-corrected chi connectivity index (χ2v) is 6.64. The largest absolute Gasteiger partial charge is 0.497 e. The van der Waals surface area contributed by atoms with Crippen molar-refractivity contribution in [2.24, 2.45) is 5.92 Å². The molecule has 2 aromatic rings. The molecule has 0 amide bonds. The number of rotatable bonds is 5. The number of carbonyl (C=O) groups is 1. The Morgan fingerprint density at radius 1 is 1.38 bits per heavy atom. The molecule has 2 unspecified atom stereocenters. The van der Waals surface area contributed by atoms with E-state index in [1.54, 1.807) is 7.11 Å². The van der Waals surface area contributed by atoms with E-state index in [2.05, 4.69) is 17.1 Å². The van der Waals surface area contributed by atoms with Gasteiger partial charge in [-0.25, -0.2) is 4.98 Å². The average Bonchev–Trinajstić information content (AvgIpc) is 3.13. The third-order valence-corrected chi connectivity index (χ3v) is 5.15. The highest BCUT2D eigenvalue weighted by atomic mass is 32.1. The third kappa shape index (κ3) is 3.39. The number of nitrogens with zero attached hydrogens (tertiary/aromatic N) is 2. The summed E-state index contributed by atoms with van der Waals surface area (Å²) in [6.07, 6.45) is 6.59. The zero-order valence-corrected chi connectivity index (χ0v) is 14.3. The molecule has 0 saturated carbocycles. The second-order valence-electron chi connectivity index (χ2n) is 5.75. The van der Waals surface area contributed by atoms with Gasteiger partial charge in [-0.3, -0.25) is 4.79 Å². The number of methoxy groups -OCH3 is 1. The molecule has 1 aromatic heterocycles. The average molecular weight is 338 g/mol. The molecule has 0 radical (unpaired) electrons. The van der Waals surface area contributed by atoms with Crippen LogP contribution in [-0.4, -0.2) is 17.9 Å². The van der Waals surface area contributed by atoms with E-state index in [1.165, 1.54) is 11.3 Å². The lowest BCUT2D eigenvalue weighted by atomic mass is 9.85. The van der Waals surface area contributed by atoms with Crippen LogP contribution in [0, 0.1) is 17.2 Å². The fraction of sp³-hybridized carbons (Fsp3) is 0.316. The predicted molar refractivity (Wildman–Crippen MR) is 93.9 cm³/mol. The lowest BCUT2D eigenvalue weighted by molar-refractivity contribution is -0.123. The van der Waals surface area contributed by atoms with Crippen molar-refractivity contribution < 1.29 is 9.53 Å². The molecule has 3 rings (SSSR count). The Morgan fingerprint density at radius 3 is 2.79 bits per heavy atom. The minimum absolute atomic E-state index is 0.00233. The molecule has 0 spiro atoms. The van der Waals surface area contributed by atoms with Crippen LogP contribution in [0.25, 0.3) is 11.3 Å². The molecule has 122 valence electrons. The first-order valence-electron chi connectivity index (χ1n) is 7.91. The van der Waals surface area contributed by atoms with E-state index in [4.69, 9.17) is 4.74 Å². The van der Waals surface area contributed by atoms with Crippen LogP contribution >= 0.6 is 11.3 Å². The van der Waals surface area contributed by atoms with Gasteiger partial charge in [0.05, 0.1) is 18.9 Å². The second kappa shape index (κ2) is 7.41. The smallest absolute Gasteiger partial charge is 0.160 e. The number of benzene rings is 1. The molecular formula is C19H18N2O2S. The number of aromatic nitrogens is 1. The number of Topliss-reactive ketones (excluding diaryl/α,β-unsaturated/α-hetero) is 1. The van der Waals surface area contributed by atoms with Crippen LogP contribution in [0.15, 0.2) is 41.8 Å². The monoisotopic (exact) mass is 338 g/mol. The van der Waals surface area contributed by atoms with Gasteiger partial charge in [-0.05, 0) is 43.5 Å². The zero-order chi connectivity index (χ0) is 16.9. The Labute approximate surface area is 145 Å². The summed E-state index contributed by atoms with van der Waals surface area (Å²) in [5, 5.41) is 12.0. The van der Waals surface area contributed by atoms with E-state index in [0.717, 1.165) is 36.3 Å². The van der Waals surface area contributed by atoms with Crippen molar-refractivity contribution in [2.75, 3.05) is 7.11 Å². The van der Waals surface area contributed by atoms with Gasteiger partial charge in [-0.1, -0.05) is 12.2 Å². The first-order chi connectivity index (χ1) is 11.7. The summed E-state index contributed by atoms with van der Waals surface area (Å²) in [6.45, 7) is 0. The van der Waals surface area contributed by atoms with Gasteiger partial charge in [0.1, 0.15) is 10.8 Å². The molecule has 0 bridgehead atoms. The predicted octanol–water partition coefficient (Wildman–Crippen LogP) is 4.35. The highest BCUT2D eigenvalue weighted by Gasteiger charge is 2.30. The van der Waals surface area contributed by atoms with Crippen molar-refractivity contribution in [2.45, 2.75) is 25.2 Å². The molecule has 24 heavy (non-hydrogen) atoms. The first-order valence-corrected chi connectivity index (χ1v) is 8.79. The van der Waals surface area contributed by atoms with Gasteiger partial charge >= 0.3 is 0 Å². The van der Waals surface area contributed by atoms with E-state index in [1.807, 2.05) is 35.7 Å². The van der Waals surface area contributed by atoms with Crippen LogP contribution in [-0.2, 0) is 4.79 Å². The molecule has 1 aliphatic rings. The van der Waals surface area contributed by atoms with Gasteiger partial charge in [0.15, 0.2) is 11.7 Å². The van der Waals surface area contributed by atoms with Crippen LogP contribution in [0.3, 0.4) is 0 Å². The number of ketones is 1. The molecule has 2 atom stereocenters. The molecule has 1 aromatic carbocycles. The van der Waals surface area contributed by atoms with Crippen molar-refractivity contribution in [1.29, 1.82) is 5.26 Å². The normalized spacial score (nSPS) is 17.9. The first kappa shape index (κ1) is 16.4. The standard InChI is InChI=1S/C19H18N2O2S/c1-23-15-9-7-13(8-10-15)17-12-24-19(21-17)16(11-20)18(22)14-5-3-2-4-6-14/h2-3,7-10,12,14,16H,4-6H2,1H3. The van der Waals surface area contributed by atoms with Crippen molar-refractivity contribution >= 4 is 17.1 Å². The number of hydrogen-bond acceptors (Lipinski definition) is 5. The van der Waals surface area contributed by atoms with E-state index >= 15 is 0 Å². The van der Waals surface area contributed by atoms with E-state index in [0.29, 0.717) is 5.01 Å². The highest BCUT2D eigenvalue weighted by Crippen LogP contribution is 2.31. The number of allylic oxidation sites excluding steroid dienone is 2. The molecule has 1 aliphatic carbocycles. The maximum atomic E-state index is 12.7. The van der Waals surface area contributed by atoms with Crippen molar-refractivity contribution in [3.8, 4) is 23.1 Å². The fourth-order valence-corrected chi connectivity index (χ4v) is 3.72. The number of carbonyl (C=O) groups excluding carboxylic acids is 1. The third-order valence-electron chi connectivity index (χ3n) is 4.24. The summed E-state index contributed by atoms with van der Waals surface area (Å²) in [7, 11) is 1.62. The van der Waals surface area contributed by atoms with Crippen molar-refractivity contribution in [3.05, 3.63) is 46.8 Å². The number of nitriles is 1. The number of thiazole rings is 1. The van der Waals surface area contributed by atoms with Gasteiger partial charge < -0.3 is 4.74 Å². The molecule has 4 nitrogen and oxygen atoms in total. The lowest BCUT2D eigenvalue weighted by Crippen LogP contribution is -2.22. The van der Waals surface area contributed by atoms with Gasteiger partial charge in [0.2, 0.25) is 0 Å². The highest BCUT2D eigenvalue weighted by molar-refractivity contribution is 7.10. The van der Waals surface area contributed by atoms with E-state index in [-0.39, 0.29) is 11.7 Å². The molecular weight excluding hydrogens is 320 g/mol. The van der Waals surface area contributed by atoms with Gasteiger partial charge in [-0.15, -0.1) is 11.3 Å². The minimum atomic E-state index is -0.765. The summed E-state index contributed by atoms with van der Waals surface area (Å²) >= 11 is 1.38. The Balaban J connectivity index is 1.80. The summed E-state index contributed by atoms with van der Waals surface area (Å²) in [5.41, 5.74) is 1.73. The lowest BCUT2D eigenvalue weighted by Gasteiger charge is -2.18.